The Morgan fingerprint density at radius 3 is 2.37 bits per heavy atom. The van der Waals surface area contributed by atoms with Gasteiger partial charge in [-0.1, -0.05) is 24.3 Å². The van der Waals surface area contributed by atoms with E-state index >= 15 is 0 Å². The number of hydrogen-bond donors (Lipinski definition) is 1. The Balaban J connectivity index is 1.26. The van der Waals surface area contributed by atoms with Gasteiger partial charge in [0.25, 0.3) is 0 Å². The first-order valence-electron chi connectivity index (χ1n) is 10.6. The molecule has 0 aliphatic carbocycles. The molecule has 2 saturated heterocycles. The molecule has 0 unspecified atom stereocenters. The smallest absolute Gasteiger partial charge is 0.225 e. The number of amides is 1. The van der Waals surface area contributed by atoms with E-state index in [4.69, 9.17) is 0 Å². The third kappa shape index (κ3) is 4.87. The third-order valence-corrected chi connectivity index (χ3v) is 5.64. The second-order valence-corrected chi connectivity index (χ2v) is 7.66. The highest BCUT2D eigenvalue weighted by molar-refractivity contribution is 5.80. The van der Waals surface area contributed by atoms with Gasteiger partial charge < -0.3 is 20.0 Å². The number of rotatable bonds is 5. The van der Waals surface area contributed by atoms with Gasteiger partial charge in [0.2, 0.25) is 11.9 Å². The van der Waals surface area contributed by atoms with Crippen LogP contribution in [0.3, 0.4) is 0 Å². The van der Waals surface area contributed by atoms with Crippen molar-refractivity contribution in [2.24, 2.45) is 4.99 Å². The average molecular weight is 408 g/mol. The van der Waals surface area contributed by atoms with E-state index in [1.807, 2.05) is 18.0 Å². The van der Waals surface area contributed by atoms with Gasteiger partial charge in [-0.15, -0.1) is 0 Å². The number of nitrogens with one attached hydrogen (secondary N) is 1. The van der Waals surface area contributed by atoms with Gasteiger partial charge in [-0.05, 0) is 23.6 Å². The molecule has 158 valence electrons. The summed E-state index contributed by atoms with van der Waals surface area (Å²) in [6, 6.07) is 10.3. The zero-order valence-electron chi connectivity index (χ0n) is 17.5. The Bertz CT molecular complexity index is 861. The molecule has 1 aromatic carbocycles. The van der Waals surface area contributed by atoms with Gasteiger partial charge in [0.05, 0.1) is 0 Å². The van der Waals surface area contributed by atoms with Crippen molar-refractivity contribution in [3.63, 3.8) is 0 Å². The minimum atomic E-state index is 0.267. The van der Waals surface area contributed by atoms with E-state index in [1.54, 1.807) is 12.4 Å². The Hall–Kier alpha value is -3.16. The number of carbonyl (C=O) groups excluding carboxylic acids is 1. The maximum Gasteiger partial charge on any atom is 0.225 e. The number of anilines is 1. The monoisotopic (exact) mass is 407 g/mol. The number of benzene rings is 1. The highest BCUT2D eigenvalue weighted by atomic mass is 16.2. The minimum absolute atomic E-state index is 0.267. The van der Waals surface area contributed by atoms with Crippen molar-refractivity contribution in [1.29, 1.82) is 0 Å². The maximum atomic E-state index is 11.8. The molecule has 3 heterocycles. The number of aliphatic imine (C=N–C) groups is 1. The lowest BCUT2D eigenvalue weighted by Gasteiger charge is -2.36. The van der Waals surface area contributed by atoms with Crippen LogP contribution in [0.25, 0.3) is 0 Å². The van der Waals surface area contributed by atoms with E-state index in [-0.39, 0.29) is 5.91 Å². The second-order valence-electron chi connectivity index (χ2n) is 7.66. The van der Waals surface area contributed by atoms with E-state index in [0.29, 0.717) is 13.0 Å². The number of piperazine rings is 1. The van der Waals surface area contributed by atoms with Crippen molar-refractivity contribution in [2.45, 2.75) is 25.9 Å². The molecule has 2 aromatic rings. The molecule has 8 heteroatoms. The SMILES string of the molecule is CN=C(NCc1ccc(CN2CCCC2=O)cc1)N1CCN(c2ncccn2)CC1. The molecule has 30 heavy (non-hydrogen) atoms. The Morgan fingerprint density at radius 1 is 1.03 bits per heavy atom. The number of nitrogens with zero attached hydrogens (tertiary/aromatic N) is 6. The first kappa shape index (κ1) is 20.1. The molecule has 2 aliphatic rings. The minimum Gasteiger partial charge on any atom is -0.352 e. The molecule has 2 aliphatic heterocycles. The Kier molecular flexibility index (Phi) is 6.41. The molecule has 8 nitrogen and oxygen atoms in total. The van der Waals surface area contributed by atoms with Crippen molar-refractivity contribution in [3.8, 4) is 0 Å². The summed E-state index contributed by atoms with van der Waals surface area (Å²) in [5.74, 6) is 1.97. The molecular formula is C22H29N7O. The predicted octanol–water partition coefficient (Wildman–Crippen LogP) is 1.50. The summed E-state index contributed by atoms with van der Waals surface area (Å²) in [5, 5.41) is 3.47. The van der Waals surface area contributed by atoms with Gasteiger partial charge in [-0.25, -0.2) is 9.97 Å². The van der Waals surface area contributed by atoms with Crippen LogP contribution in [0.4, 0.5) is 5.95 Å². The molecular weight excluding hydrogens is 378 g/mol. The number of guanidine groups is 1. The van der Waals surface area contributed by atoms with Crippen LogP contribution in [0.2, 0.25) is 0 Å². The van der Waals surface area contributed by atoms with Crippen LogP contribution in [-0.4, -0.2) is 71.4 Å². The predicted molar refractivity (Wildman–Crippen MR) is 117 cm³/mol. The largest absolute Gasteiger partial charge is 0.352 e. The summed E-state index contributed by atoms with van der Waals surface area (Å²) in [5.41, 5.74) is 2.38. The highest BCUT2D eigenvalue weighted by Crippen LogP contribution is 2.15. The van der Waals surface area contributed by atoms with E-state index in [0.717, 1.165) is 57.6 Å². The standard InChI is InChI=1S/C22H29N7O/c1-23-21(27-12-14-28(15-13-27)22-24-9-3-10-25-22)26-16-18-5-7-19(8-6-18)17-29-11-2-4-20(29)30/h3,5-10H,2,4,11-17H2,1H3,(H,23,26). The molecule has 2 fully saturated rings. The highest BCUT2D eigenvalue weighted by Gasteiger charge is 2.21. The molecule has 0 spiro atoms. The summed E-state index contributed by atoms with van der Waals surface area (Å²) < 4.78 is 0. The van der Waals surface area contributed by atoms with Crippen molar-refractivity contribution < 1.29 is 4.79 Å². The summed E-state index contributed by atoms with van der Waals surface area (Å²) in [6.45, 7) is 5.80. The van der Waals surface area contributed by atoms with E-state index < -0.39 is 0 Å². The average Bonchev–Trinajstić information content (AvgIpc) is 3.20. The zero-order valence-corrected chi connectivity index (χ0v) is 17.5. The molecule has 1 amide bonds. The van der Waals surface area contributed by atoms with Gasteiger partial charge in [0.15, 0.2) is 5.96 Å². The van der Waals surface area contributed by atoms with E-state index in [9.17, 15) is 4.79 Å². The third-order valence-electron chi connectivity index (χ3n) is 5.64. The van der Waals surface area contributed by atoms with Crippen molar-refractivity contribution >= 4 is 17.8 Å². The van der Waals surface area contributed by atoms with E-state index in [1.165, 1.54) is 11.1 Å². The van der Waals surface area contributed by atoms with Gasteiger partial charge in [0, 0.05) is 71.7 Å². The maximum absolute atomic E-state index is 11.8. The van der Waals surface area contributed by atoms with Crippen LogP contribution < -0.4 is 10.2 Å². The van der Waals surface area contributed by atoms with E-state index in [2.05, 4.69) is 54.3 Å². The number of aromatic nitrogens is 2. The second kappa shape index (κ2) is 9.56. The molecule has 0 saturated carbocycles. The summed E-state index contributed by atoms with van der Waals surface area (Å²) in [7, 11) is 1.82. The van der Waals surface area contributed by atoms with Crippen LogP contribution in [0.5, 0.6) is 0 Å². The molecule has 4 rings (SSSR count). The van der Waals surface area contributed by atoms with Gasteiger partial charge in [-0.3, -0.25) is 9.79 Å². The van der Waals surface area contributed by atoms with Gasteiger partial charge >= 0.3 is 0 Å². The normalized spacial score (nSPS) is 17.6. The number of carbonyl (C=O) groups is 1. The van der Waals surface area contributed by atoms with Crippen molar-refractivity contribution in [3.05, 3.63) is 53.9 Å². The Morgan fingerprint density at radius 2 is 1.73 bits per heavy atom. The van der Waals surface area contributed by atoms with Crippen LogP contribution in [-0.2, 0) is 17.9 Å². The molecule has 1 N–H and O–H groups in total. The van der Waals surface area contributed by atoms with Crippen molar-refractivity contribution in [1.82, 2.24) is 25.1 Å². The molecule has 0 atom stereocenters. The molecule has 0 bridgehead atoms. The topological polar surface area (TPSA) is 77.0 Å². The Labute approximate surface area is 177 Å². The number of hydrogen-bond acceptors (Lipinski definition) is 5. The summed E-state index contributed by atoms with van der Waals surface area (Å²) >= 11 is 0. The fourth-order valence-electron chi connectivity index (χ4n) is 3.94. The fourth-order valence-corrected chi connectivity index (χ4v) is 3.94. The van der Waals surface area contributed by atoms with Crippen LogP contribution in [0, 0.1) is 0 Å². The van der Waals surface area contributed by atoms with Crippen LogP contribution in [0.15, 0.2) is 47.7 Å². The summed E-state index contributed by atoms with van der Waals surface area (Å²) in [4.78, 5) is 31.3. The summed E-state index contributed by atoms with van der Waals surface area (Å²) in [6.07, 6.45) is 5.23. The molecule has 0 radical (unpaired) electrons. The van der Waals surface area contributed by atoms with Crippen LogP contribution >= 0.6 is 0 Å². The quantitative estimate of drug-likeness (QED) is 0.598. The lowest BCUT2D eigenvalue weighted by atomic mass is 10.1. The molecule has 1 aromatic heterocycles. The lowest BCUT2D eigenvalue weighted by molar-refractivity contribution is -0.128. The number of likely N-dealkylation sites (tertiary alicyclic amines) is 1. The fraction of sp³-hybridized carbons (Fsp3) is 0.455. The lowest BCUT2D eigenvalue weighted by Crippen LogP contribution is -2.52. The first-order valence-corrected chi connectivity index (χ1v) is 10.6. The van der Waals surface area contributed by atoms with Crippen LogP contribution in [0.1, 0.15) is 24.0 Å². The van der Waals surface area contributed by atoms with Gasteiger partial charge in [-0.2, -0.15) is 0 Å². The zero-order chi connectivity index (χ0) is 20.8. The van der Waals surface area contributed by atoms with Crippen molar-refractivity contribution in [2.75, 3.05) is 44.7 Å². The first-order chi connectivity index (χ1) is 14.7. The van der Waals surface area contributed by atoms with Gasteiger partial charge in [0.1, 0.15) is 0 Å².